The molecule has 0 fully saturated rings. The number of anilines is 1. The van der Waals surface area contributed by atoms with Crippen LogP contribution in [0.3, 0.4) is 0 Å². The molecule has 0 aliphatic carbocycles. The molecule has 0 bridgehead atoms. The first-order valence-corrected chi connectivity index (χ1v) is 11.3. The van der Waals surface area contributed by atoms with Crippen molar-refractivity contribution in [3.8, 4) is 21.8 Å². The summed E-state index contributed by atoms with van der Waals surface area (Å²) < 4.78 is 0. The van der Waals surface area contributed by atoms with E-state index >= 15 is 0 Å². The quantitative estimate of drug-likeness (QED) is 0.389. The smallest absolute Gasteiger partial charge is 0.270 e. The molecule has 0 aliphatic heterocycles. The molecule has 0 atom stereocenters. The number of nitrogens with zero attached hydrogens (tertiary/aromatic N) is 3. The summed E-state index contributed by atoms with van der Waals surface area (Å²) in [5, 5.41) is 5.81. The van der Waals surface area contributed by atoms with Crippen LogP contribution in [0.4, 0.5) is 5.69 Å². The second-order valence-corrected chi connectivity index (χ2v) is 8.29. The minimum Gasteiger partial charge on any atom is -0.326 e. The largest absolute Gasteiger partial charge is 0.326 e. The van der Waals surface area contributed by atoms with Crippen LogP contribution in [0, 0.1) is 0 Å². The van der Waals surface area contributed by atoms with Crippen LogP contribution in [0.1, 0.15) is 12.1 Å². The Morgan fingerprint density at radius 1 is 0.970 bits per heavy atom. The highest BCUT2D eigenvalue weighted by atomic mass is 32.1. The second kappa shape index (κ2) is 9.13. The molecule has 8 heteroatoms. The van der Waals surface area contributed by atoms with Crippen LogP contribution in [-0.2, 0) is 11.2 Å². The number of aryl methyl sites for hydroxylation is 1. The maximum absolute atomic E-state index is 12.5. The van der Waals surface area contributed by atoms with Crippen molar-refractivity contribution >= 4 is 34.0 Å². The molecule has 162 valence electrons. The lowest BCUT2D eigenvalue weighted by molar-refractivity contribution is -0.116. The lowest BCUT2D eigenvalue weighted by Crippen LogP contribution is -2.19. The zero-order chi connectivity index (χ0) is 22.6. The third-order valence-corrected chi connectivity index (χ3v) is 6.02. The van der Waals surface area contributed by atoms with Gasteiger partial charge in [-0.05, 0) is 36.4 Å². The lowest BCUT2D eigenvalue weighted by Gasteiger charge is -2.07. The molecular formula is C25H19N5O2S. The number of rotatable bonds is 6. The van der Waals surface area contributed by atoms with E-state index in [1.807, 2.05) is 60.0 Å². The van der Waals surface area contributed by atoms with E-state index in [1.165, 1.54) is 0 Å². The Labute approximate surface area is 193 Å². The van der Waals surface area contributed by atoms with Gasteiger partial charge in [0.25, 0.3) is 5.56 Å². The molecule has 3 heterocycles. The lowest BCUT2D eigenvalue weighted by atomic mass is 10.1. The van der Waals surface area contributed by atoms with Crippen LogP contribution in [0.25, 0.3) is 32.9 Å². The SMILES string of the molecule is O=C(CCc1nc2ccccc2[nH]c1=O)Nc1cccc(-c2csc(-c3ccncc3)n2)c1. The molecule has 0 unspecified atom stereocenters. The molecule has 5 rings (SSSR count). The average Bonchev–Trinajstić information content (AvgIpc) is 3.34. The van der Waals surface area contributed by atoms with Gasteiger partial charge in [0, 0.05) is 47.4 Å². The highest BCUT2D eigenvalue weighted by Gasteiger charge is 2.11. The predicted molar refractivity (Wildman–Crippen MR) is 130 cm³/mol. The summed E-state index contributed by atoms with van der Waals surface area (Å²) in [5.41, 5.74) is 4.92. The third kappa shape index (κ3) is 4.70. The van der Waals surface area contributed by atoms with E-state index in [9.17, 15) is 9.59 Å². The molecule has 0 saturated heterocycles. The molecule has 0 spiro atoms. The van der Waals surface area contributed by atoms with Crippen molar-refractivity contribution in [3.63, 3.8) is 0 Å². The maximum Gasteiger partial charge on any atom is 0.270 e. The standard InChI is InChI=1S/C25H19N5O2S/c31-23(9-8-21-24(32)29-20-7-2-1-6-19(20)28-21)27-18-5-3-4-17(14-18)22-15-33-25(30-22)16-10-12-26-13-11-16/h1-7,10-15H,8-9H2,(H,27,31)(H,29,32). The van der Waals surface area contributed by atoms with Gasteiger partial charge in [0.1, 0.15) is 10.7 Å². The fraction of sp³-hybridized carbons (Fsp3) is 0.0800. The number of hydrogen-bond donors (Lipinski definition) is 2. The molecule has 0 saturated carbocycles. The zero-order valence-electron chi connectivity index (χ0n) is 17.5. The van der Waals surface area contributed by atoms with E-state index in [0.29, 0.717) is 22.4 Å². The molecule has 7 nitrogen and oxygen atoms in total. The summed E-state index contributed by atoms with van der Waals surface area (Å²) in [4.78, 5) is 40.7. The summed E-state index contributed by atoms with van der Waals surface area (Å²) in [6.07, 6.45) is 3.90. The van der Waals surface area contributed by atoms with Crippen molar-refractivity contribution in [2.75, 3.05) is 5.32 Å². The number of fused-ring (bicyclic) bond motifs is 1. The summed E-state index contributed by atoms with van der Waals surface area (Å²) in [6.45, 7) is 0. The van der Waals surface area contributed by atoms with Crippen molar-refractivity contribution < 1.29 is 4.79 Å². The minimum atomic E-state index is -0.267. The van der Waals surface area contributed by atoms with Crippen LogP contribution in [-0.4, -0.2) is 25.8 Å². The van der Waals surface area contributed by atoms with Gasteiger partial charge in [-0.1, -0.05) is 24.3 Å². The van der Waals surface area contributed by atoms with E-state index in [-0.39, 0.29) is 24.3 Å². The first kappa shape index (κ1) is 20.7. The maximum atomic E-state index is 12.5. The number of amides is 1. The second-order valence-electron chi connectivity index (χ2n) is 7.43. The van der Waals surface area contributed by atoms with Crippen LogP contribution in [0.2, 0.25) is 0 Å². The zero-order valence-corrected chi connectivity index (χ0v) is 18.3. The third-order valence-electron chi connectivity index (χ3n) is 5.13. The van der Waals surface area contributed by atoms with Gasteiger partial charge in [-0.2, -0.15) is 0 Å². The number of aromatic amines is 1. The van der Waals surface area contributed by atoms with E-state index in [0.717, 1.165) is 21.8 Å². The summed E-state index contributed by atoms with van der Waals surface area (Å²) in [7, 11) is 0. The van der Waals surface area contributed by atoms with Crippen molar-refractivity contribution in [2.45, 2.75) is 12.8 Å². The first-order valence-electron chi connectivity index (χ1n) is 10.4. The van der Waals surface area contributed by atoms with Crippen molar-refractivity contribution in [2.24, 2.45) is 0 Å². The Hall–Kier alpha value is -4.17. The molecule has 0 aliphatic rings. The van der Waals surface area contributed by atoms with Gasteiger partial charge in [0.2, 0.25) is 5.91 Å². The van der Waals surface area contributed by atoms with Gasteiger partial charge in [0.05, 0.1) is 16.7 Å². The molecule has 3 aromatic heterocycles. The molecule has 5 aromatic rings. The van der Waals surface area contributed by atoms with Gasteiger partial charge in [-0.15, -0.1) is 11.3 Å². The number of carbonyl (C=O) groups is 1. The average molecular weight is 454 g/mol. The molecule has 1 amide bonds. The van der Waals surface area contributed by atoms with E-state index in [4.69, 9.17) is 4.98 Å². The van der Waals surface area contributed by atoms with Crippen molar-refractivity contribution in [1.82, 2.24) is 19.9 Å². The van der Waals surface area contributed by atoms with Crippen molar-refractivity contribution in [3.05, 3.63) is 94.5 Å². The monoisotopic (exact) mass is 453 g/mol. The normalized spacial score (nSPS) is 10.9. The van der Waals surface area contributed by atoms with E-state index in [2.05, 4.69) is 20.3 Å². The molecule has 2 aromatic carbocycles. The van der Waals surface area contributed by atoms with Gasteiger partial charge in [-0.25, -0.2) is 9.97 Å². The van der Waals surface area contributed by atoms with E-state index < -0.39 is 0 Å². The van der Waals surface area contributed by atoms with Gasteiger partial charge in [0.15, 0.2) is 0 Å². The highest BCUT2D eigenvalue weighted by Crippen LogP contribution is 2.29. The predicted octanol–water partition coefficient (Wildman–Crippen LogP) is 4.68. The number of para-hydroxylation sites is 2. The Balaban J connectivity index is 1.26. The topological polar surface area (TPSA) is 101 Å². The number of H-pyrrole nitrogens is 1. The van der Waals surface area contributed by atoms with Crippen LogP contribution >= 0.6 is 11.3 Å². The van der Waals surface area contributed by atoms with E-state index in [1.54, 1.807) is 29.8 Å². The van der Waals surface area contributed by atoms with Gasteiger partial charge < -0.3 is 10.3 Å². The van der Waals surface area contributed by atoms with Gasteiger partial charge >= 0.3 is 0 Å². The number of pyridine rings is 1. The minimum absolute atomic E-state index is 0.154. The number of thiazole rings is 1. The number of aromatic nitrogens is 4. The molecular weight excluding hydrogens is 434 g/mol. The van der Waals surface area contributed by atoms with Crippen molar-refractivity contribution in [1.29, 1.82) is 0 Å². The van der Waals surface area contributed by atoms with Crippen LogP contribution in [0.15, 0.2) is 83.2 Å². The first-order chi connectivity index (χ1) is 16.2. The Kier molecular flexibility index (Phi) is 5.73. The Morgan fingerprint density at radius 3 is 2.70 bits per heavy atom. The van der Waals surface area contributed by atoms with Crippen LogP contribution in [0.5, 0.6) is 0 Å². The summed E-state index contributed by atoms with van der Waals surface area (Å²) >= 11 is 1.56. The molecule has 2 N–H and O–H groups in total. The fourth-order valence-corrected chi connectivity index (χ4v) is 4.32. The number of benzene rings is 2. The Bertz CT molecular complexity index is 1490. The highest BCUT2D eigenvalue weighted by molar-refractivity contribution is 7.13. The Morgan fingerprint density at radius 2 is 1.82 bits per heavy atom. The summed E-state index contributed by atoms with van der Waals surface area (Å²) in [6, 6.07) is 18.7. The number of hydrogen-bond acceptors (Lipinski definition) is 6. The molecule has 0 radical (unpaired) electrons. The summed E-state index contributed by atoms with van der Waals surface area (Å²) in [5.74, 6) is -0.183. The fourth-order valence-electron chi connectivity index (χ4n) is 3.48. The number of nitrogens with one attached hydrogen (secondary N) is 2. The van der Waals surface area contributed by atoms with Gasteiger partial charge in [-0.3, -0.25) is 14.6 Å². The van der Waals surface area contributed by atoms with Crippen LogP contribution < -0.4 is 10.9 Å². The molecule has 33 heavy (non-hydrogen) atoms. The number of carbonyl (C=O) groups excluding carboxylic acids is 1.